The fourth-order valence-corrected chi connectivity index (χ4v) is 1.23. The van der Waals surface area contributed by atoms with Crippen LogP contribution >= 0.6 is 0 Å². The number of carbonyl (C=O) groups is 1. The molecule has 82 valence electrons. The SMILES string of the molecule is COc1ccc([13CH2][13C](=O)OC)c(OC)c1. The molecule has 0 aliphatic carbocycles. The molecule has 0 N–H and O–H groups in total. The van der Waals surface area contributed by atoms with Crippen LogP contribution in [0.15, 0.2) is 18.2 Å². The van der Waals surface area contributed by atoms with Crippen LogP contribution < -0.4 is 9.47 Å². The molecule has 1 rings (SSSR count). The van der Waals surface area contributed by atoms with Gasteiger partial charge in [-0.05, 0) is 6.07 Å². The molecule has 0 amide bonds. The molecule has 4 nitrogen and oxygen atoms in total. The van der Waals surface area contributed by atoms with Gasteiger partial charge in [0.15, 0.2) is 0 Å². The summed E-state index contributed by atoms with van der Waals surface area (Å²) in [5.41, 5.74) is 0.783. The highest BCUT2D eigenvalue weighted by atomic mass is 16.6. The normalized spacial score (nSPS) is 9.53. The minimum absolute atomic E-state index is 0.198. The lowest BCUT2D eigenvalue weighted by molar-refractivity contribution is -0.139. The first kappa shape index (κ1) is 11.4. The summed E-state index contributed by atoms with van der Waals surface area (Å²) in [5, 5.41) is 0. The molecule has 4 heteroatoms. The van der Waals surface area contributed by atoms with Gasteiger partial charge in [0.1, 0.15) is 11.5 Å². The second-order valence-corrected chi connectivity index (χ2v) is 2.93. The van der Waals surface area contributed by atoms with E-state index in [4.69, 9.17) is 9.47 Å². The van der Waals surface area contributed by atoms with E-state index in [-0.39, 0.29) is 12.4 Å². The maximum atomic E-state index is 11.1. The van der Waals surface area contributed by atoms with E-state index in [9.17, 15) is 4.79 Å². The van der Waals surface area contributed by atoms with Gasteiger partial charge in [-0.2, -0.15) is 0 Å². The lowest BCUT2D eigenvalue weighted by Gasteiger charge is -2.09. The highest BCUT2D eigenvalue weighted by Gasteiger charge is 2.09. The Morgan fingerprint density at radius 2 is 1.93 bits per heavy atom. The number of benzene rings is 1. The Balaban J connectivity index is 2.92. The van der Waals surface area contributed by atoms with Gasteiger partial charge in [0.2, 0.25) is 0 Å². The second-order valence-electron chi connectivity index (χ2n) is 2.93. The number of carbonyl (C=O) groups excluding carboxylic acids is 1. The predicted molar refractivity (Wildman–Crippen MR) is 55.3 cm³/mol. The molecule has 0 radical (unpaired) electrons. The van der Waals surface area contributed by atoms with Gasteiger partial charge in [0.25, 0.3) is 0 Å². The zero-order valence-electron chi connectivity index (χ0n) is 9.07. The van der Waals surface area contributed by atoms with E-state index in [2.05, 4.69) is 4.74 Å². The van der Waals surface area contributed by atoms with Crippen molar-refractivity contribution in [3.05, 3.63) is 23.8 Å². The molecule has 0 aliphatic rings. The van der Waals surface area contributed by atoms with Crippen molar-refractivity contribution in [1.29, 1.82) is 0 Å². The average Bonchev–Trinajstić information content (AvgIpc) is 2.29. The number of ether oxygens (including phenoxy) is 3. The van der Waals surface area contributed by atoms with Crippen molar-refractivity contribution >= 4 is 5.97 Å². The Labute approximate surface area is 88.8 Å². The van der Waals surface area contributed by atoms with Crippen LogP contribution in [-0.2, 0) is 16.0 Å². The number of hydrogen-bond acceptors (Lipinski definition) is 4. The first-order valence-electron chi connectivity index (χ1n) is 4.49. The van der Waals surface area contributed by atoms with Crippen molar-refractivity contribution in [3.8, 4) is 11.5 Å². The van der Waals surface area contributed by atoms with E-state index in [1.807, 2.05) is 0 Å². The second kappa shape index (κ2) is 5.24. The van der Waals surface area contributed by atoms with Crippen molar-refractivity contribution in [3.63, 3.8) is 0 Å². The molecule has 1 aromatic rings. The Morgan fingerprint density at radius 1 is 1.20 bits per heavy atom. The maximum absolute atomic E-state index is 11.1. The maximum Gasteiger partial charge on any atom is 0.310 e. The van der Waals surface area contributed by atoms with Crippen molar-refractivity contribution < 1.29 is 19.0 Å². The lowest BCUT2D eigenvalue weighted by atomic mass is 10.2. The van der Waals surface area contributed by atoms with Crippen molar-refractivity contribution in [2.45, 2.75) is 6.42 Å². The Morgan fingerprint density at radius 3 is 2.47 bits per heavy atom. The summed E-state index contributed by atoms with van der Waals surface area (Å²) in [7, 11) is 4.49. The molecule has 0 aliphatic heterocycles. The molecular formula is C11H14O4. The Kier molecular flexibility index (Phi) is 3.97. The van der Waals surface area contributed by atoms with Gasteiger partial charge in [0, 0.05) is 11.6 Å². The third-order valence-electron chi connectivity index (χ3n) is 2.06. The topological polar surface area (TPSA) is 44.8 Å². The van der Waals surface area contributed by atoms with Crippen LogP contribution in [0, 0.1) is 0 Å². The highest BCUT2D eigenvalue weighted by molar-refractivity contribution is 5.73. The minimum Gasteiger partial charge on any atom is -0.497 e. The lowest BCUT2D eigenvalue weighted by Crippen LogP contribution is -2.05. The molecule has 0 spiro atoms. The third-order valence-corrected chi connectivity index (χ3v) is 2.06. The molecule has 0 unspecified atom stereocenters. The van der Waals surface area contributed by atoms with Gasteiger partial charge >= 0.3 is 5.97 Å². The summed E-state index contributed by atoms with van der Waals surface area (Å²) >= 11 is 0. The van der Waals surface area contributed by atoms with Crippen molar-refractivity contribution in [2.24, 2.45) is 0 Å². The zero-order valence-corrected chi connectivity index (χ0v) is 9.07. The molecule has 0 saturated carbocycles. The molecule has 0 saturated heterocycles. The summed E-state index contributed by atoms with van der Waals surface area (Å²) in [6, 6.07) is 5.30. The van der Waals surface area contributed by atoms with E-state index in [0.717, 1.165) is 5.56 Å². The predicted octanol–water partition coefficient (Wildman–Crippen LogP) is 1.42. The highest BCUT2D eigenvalue weighted by Crippen LogP contribution is 2.24. The smallest absolute Gasteiger partial charge is 0.310 e. The van der Waals surface area contributed by atoms with Crippen molar-refractivity contribution in [2.75, 3.05) is 21.3 Å². The van der Waals surface area contributed by atoms with Crippen LogP contribution in [0.3, 0.4) is 0 Å². The number of methoxy groups -OCH3 is 3. The molecule has 1 aromatic carbocycles. The van der Waals surface area contributed by atoms with Gasteiger partial charge < -0.3 is 14.2 Å². The van der Waals surface area contributed by atoms with Crippen molar-refractivity contribution in [1.82, 2.24) is 0 Å². The summed E-state index contributed by atoms with van der Waals surface area (Å²) in [5.74, 6) is 1.03. The third kappa shape index (κ3) is 2.87. The summed E-state index contributed by atoms with van der Waals surface area (Å²) in [4.78, 5) is 11.1. The summed E-state index contributed by atoms with van der Waals surface area (Å²) < 4.78 is 14.8. The van der Waals surface area contributed by atoms with E-state index in [1.165, 1.54) is 7.11 Å². The van der Waals surface area contributed by atoms with Crippen LogP contribution in [0.2, 0.25) is 0 Å². The van der Waals surface area contributed by atoms with Crippen LogP contribution in [0.1, 0.15) is 5.56 Å². The van der Waals surface area contributed by atoms with Gasteiger partial charge in [-0.3, -0.25) is 4.79 Å². The largest absolute Gasteiger partial charge is 0.497 e. The fourth-order valence-electron chi connectivity index (χ4n) is 1.23. The van der Waals surface area contributed by atoms with E-state index in [1.54, 1.807) is 32.4 Å². The monoisotopic (exact) mass is 212 g/mol. The standard InChI is InChI=1S/C11H14O4/c1-13-9-5-4-8(6-11(12)15-3)10(7-9)14-2/h4-5,7H,6H2,1-3H3/i6+1,11+1. The van der Waals surface area contributed by atoms with Crippen LogP contribution in [-0.4, -0.2) is 27.3 Å². The quantitative estimate of drug-likeness (QED) is 0.559. The fraction of sp³-hybridized carbons (Fsp3) is 0.364. The number of rotatable bonds is 4. The van der Waals surface area contributed by atoms with E-state index in [0.29, 0.717) is 11.5 Å². The first-order valence-corrected chi connectivity index (χ1v) is 4.49. The number of esters is 1. The minimum atomic E-state index is -0.293. The van der Waals surface area contributed by atoms with Gasteiger partial charge in [-0.15, -0.1) is 0 Å². The molecular weight excluding hydrogens is 198 g/mol. The average molecular weight is 212 g/mol. The molecule has 0 aromatic heterocycles. The molecule has 0 fully saturated rings. The Hall–Kier alpha value is -1.71. The van der Waals surface area contributed by atoms with Crippen LogP contribution in [0.5, 0.6) is 11.5 Å². The summed E-state index contributed by atoms with van der Waals surface area (Å²) in [6.45, 7) is 0. The summed E-state index contributed by atoms with van der Waals surface area (Å²) in [6.07, 6.45) is 0.198. The van der Waals surface area contributed by atoms with E-state index >= 15 is 0 Å². The molecule has 15 heavy (non-hydrogen) atoms. The van der Waals surface area contributed by atoms with Gasteiger partial charge in [-0.1, -0.05) is 6.07 Å². The zero-order chi connectivity index (χ0) is 11.3. The Bertz CT molecular complexity index is 346. The van der Waals surface area contributed by atoms with E-state index < -0.39 is 0 Å². The molecule has 0 heterocycles. The molecule has 0 bridgehead atoms. The van der Waals surface area contributed by atoms with Crippen LogP contribution in [0.4, 0.5) is 0 Å². The first-order chi connectivity index (χ1) is 7.21. The number of hydrogen-bond donors (Lipinski definition) is 0. The van der Waals surface area contributed by atoms with Gasteiger partial charge in [-0.25, -0.2) is 0 Å². The molecule has 0 atom stereocenters. The van der Waals surface area contributed by atoms with Crippen LogP contribution in [0.25, 0.3) is 0 Å². The van der Waals surface area contributed by atoms with Gasteiger partial charge in [0.05, 0.1) is 27.8 Å².